The monoisotopic (exact) mass is 363 g/mol. The van der Waals surface area contributed by atoms with Crippen LogP contribution < -0.4 is 10.2 Å². The molecule has 0 bridgehead atoms. The number of hydrogen-bond acceptors (Lipinski definition) is 4. The highest BCUT2D eigenvalue weighted by molar-refractivity contribution is 5.20. The lowest BCUT2D eigenvalue weighted by molar-refractivity contribution is 0.150. The standard InChI is InChI=1S/C20H23F2NO3/c1-25-20-13-26-15(10-19(20)24)12-23-9-3-4-14(11-23)7-8-16-17(21)5-2-6-18(16)22/h2,5-6,10,13-14H,3-4,7-9,11-12H2,1H3/t14-/m1/s1. The van der Waals surface area contributed by atoms with E-state index in [1.165, 1.54) is 37.6 Å². The number of hydrogen-bond donors (Lipinski definition) is 0. The molecule has 140 valence electrons. The minimum Gasteiger partial charge on any atom is -0.490 e. The van der Waals surface area contributed by atoms with E-state index in [4.69, 9.17) is 9.15 Å². The minimum atomic E-state index is -0.474. The number of rotatable bonds is 6. The molecule has 4 nitrogen and oxygen atoms in total. The van der Waals surface area contributed by atoms with Crippen molar-refractivity contribution in [2.75, 3.05) is 20.2 Å². The van der Waals surface area contributed by atoms with Crippen LogP contribution in [-0.2, 0) is 13.0 Å². The maximum Gasteiger partial charge on any atom is 0.227 e. The van der Waals surface area contributed by atoms with Gasteiger partial charge in [0.05, 0.1) is 13.7 Å². The van der Waals surface area contributed by atoms with E-state index in [-0.39, 0.29) is 16.7 Å². The third kappa shape index (κ3) is 4.49. The van der Waals surface area contributed by atoms with E-state index >= 15 is 0 Å². The molecule has 3 rings (SSSR count). The molecule has 1 saturated heterocycles. The second kappa shape index (κ2) is 8.45. The Labute approximate surface area is 151 Å². The minimum absolute atomic E-state index is 0.172. The van der Waals surface area contributed by atoms with E-state index in [0.29, 0.717) is 24.6 Å². The third-order valence-electron chi connectivity index (χ3n) is 4.92. The third-order valence-corrected chi connectivity index (χ3v) is 4.92. The van der Waals surface area contributed by atoms with Crippen LogP contribution in [0.5, 0.6) is 5.75 Å². The molecular formula is C20H23F2NO3. The van der Waals surface area contributed by atoms with Gasteiger partial charge in [0.1, 0.15) is 23.7 Å². The molecule has 0 spiro atoms. The second-order valence-electron chi connectivity index (χ2n) is 6.76. The van der Waals surface area contributed by atoms with Gasteiger partial charge in [-0.05, 0) is 50.3 Å². The molecule has 1 aliphatic heterocycles. The summed E-state index contributed by atoms with van der Waals surface area (Å²) in [6.45, 7) is 2.29. The molecule has 0 aliphatic carbocycles. The van der Waals surface area contributed by atoms with Crippen LogP contribution in [0.15, 0.2) is 39.7 Å². The van der Waals surface area contributed by atoms with Gasteiger partial charge < -0.3 is 9.15 Å². The fraction of sp³-hybridized carbons (Fsp3) is 0.450. The van der Waals surface area contributed by atoms with Crippen LogP contribution in [0.2, 0.25) is 0 Å². The average Bonchev–Trinajstić information content (AvgIpc) is 2.62. The lowest BCUT2D eigenvalue weighted by Gasteiger charge is -2.32. The summed E-state index contributed by atoms with van der Waals surface area (Å²) in [7, 11) is 1.43. The van der Waals surface area contributed by atoms with Gasteiger partial charge in [-0.15, -0.1) is 0 Å². The maximum atomic E-state index is 13.8. The first-order valence-electron chi connectivity index (χ1n) is 8.87. The molecule has 0 unspecified atom stereocenters. The molecule has 1 aromatic heterocycles. The van der Waals surface area contributed by atoms with Crippen LogP contribution in [0.1, 0.15) is 30.6 Å². The smallest absolute Gasteiger partial charge is 0.227 e. The molecule has 26 heavy (non-hydrogen) atoms. The number of nitrogens with zero attached hydrogens (tertiary/aromatic N) is 1. The zero-order valence-electron chi connectivity index (χ0n) is 14.8. The van der Waals surface area contributed by atoms with E-state index < -0.39 is 11.6 Å². The first-order chi connectivity index (χ1) is 12.6. The first-order valence-corrected chi connectivity index (χ1v) is 8.87. The van der Waals surface area contributed by atoms with Crippen molar-refractivity contribution in [3.63, 3.8) is 0 Å². The Kier molecular flexibility index (Phi) is 6.04. The van der Waals surface area contributed by atoms with Gasteiger partial charge in [0.2, 0.25) is 11.2 Å². The van der Waals surface area contributed by atoms with Crippen molar-refractivity contribution in [2.45, 2.75) is 32.2 Å². The summed E-state index contributed by atoms with van der Waals surface area (Å²) < 4.78 is 37.9. The molecular weight excluding hydrogens is 340 g/mol. The largest absolute Gasteiger partial charge is 0.490 e. The van der Waals surface area contributed by atoms with Gasteiger partial charge in [0.15, 0.2) is 0 Å². The predicted octanol–water partition coefficient (Wildman–Crippen LogP) is 3.77. The second-order valence-corrected chi connectivity index (χ2v) is 6.76. The summed E-state index contributed by atoms with van der Waals surface area (Å²) in [5.41, 5.74) is -0.0249. The SMILES string of the molecule is COc1coc(CN2CCC[C@H](CCc3c(F)cccc3F)C2)cc1=O. The molecule has 1 aromatic carbocycles. The Hall–Kier alpha value is -2.21. The van der Waals surface area contributed by atoms with Crippen molar-refractivity contribution in [2.24, 2.45) is 5.92 Å². The molecule has 2 heterocycles. The Bertz CT molecular complexity index is 786. The highest BCUT2D eigenvalue weighted by Crippen LogP contribution is 2.24. The van der Waals surface area contributed by atoms with Crippen LogP contribution in [0.4, 0.5) is 8.78 Å². The highest BCUT2D eigenvalue weighted by Gasteiger charge is 2.22. The highest BCUT2D eigenvalue weighted by atomic mass is 19.1. The van der Waals surface area contributed by atoms with Crippen molar-refractivity contribution in [1.82, 2.24) is 4.90 Å². The summed E-state index contributed by atoms with van der Waals surface area (Å²) >= 11 is 0. The summed E-state index contributed by atoms with van der Waals surface area (Å²) in [5.74, 6) is 0.205. The Balaban J connectivity index is 1.57. The number of halogens is 2. The first kappa shape index (κ1) is 18.6. The molecule has 2 aromatic rings. The summed E-state index contributed by atoms with van der Waals surface area (Å²) in [5, 5.41) is 0. The van der Waals surface area contributed by atoms with Crippen molar-refractivity contribution in [3.05, 3.63) is 63.7 Å². The Morgan fingerprint density at radius 1 is 1.31 bits per heavy atom. The van der Waals surface area contributed by atoms with E-state index in [2.05, 4.69) is 4.90 Å². The summed E-state index contributed by atoms with van der Waals surface area (Å²) in [4.78, 5) is 14.0. The Morgan fingerprint density at radius 3 is 2.77 bits per heavy atom. The number of ether oxygens (including phenoxy) is 1. The molecule has 6 heteroatoms. The van der Waals surface area contributed by atoms with Crippen LogP contribution in [0.25, 0.3) is 0 Å². The lowest BCUT2D eigenvalue weighted by Crippen LogP contribution is -2.35. The fourth-order valence-corrected chi connectivity index (χ4v) is 3.54. The molecule has 0 saturated carbocycles. The maximum absolute atomic E-state index is 13.8. The summed E-state index contributed by atoms with van der Waals surface area (Å²) in [6, 6.07) is 5.45. The van der Waals surface area contributed by atoms with Gasteiger partial charge in [-0.25, -0.2) is 8.78 Å². The number of methoxy groups -OCH3 is 1. The van der Waals surface area contributed by atoms with Crippen LogP contribution >= 0.6 is 0 Å². The number of benzene rings is 1. The van der Waals surface area contributed by atoms with Crippen molar-refractivity contribution in [3.8, 4) is 5.75 Å². The normalized spacial score (nSPS) is 18.0. The molecule has 0 radical (unpaired) electrons. The van der Waals surface area contributed by atoms with E-state index in [0.717, 1.165) is 32.4 Å². The molecule has 1 fully saturated rings. The zero-order chi connectivity index (χ0) is 18.5. The topological polar surface area (TPSA) is 42.7 Å². The van der Waals surface area contributed by atoms with Crippen LogP contribution in [0, 0.1) is 17.6 Å². The number of piperidine rings is 1. The molecule has 1 atom stereocenters. The molecule has 0 N–H and O–H groups in total. The van der Waals surface area contributed by atoms with Gasteiger partial charge in [-0.2, -0.15) is 0 Å². The molecule has 0 amide bonds. The van der Waals surface area contributed by atoms with Gasteiger partial charge in [0.25, 0.3) is 0 Å². The van der Waals surface area contributed by atoms with Crippen molar-refractivity contribution in [1.29, 1.82) is 0 Å². The van der Waals surface area contributed by atoms with Gasteiger partial charge in [-0.1, -0.05) is 6.07 Å². The summed E-state index contributed by atoms with van der Waals surface area (Å²) in [6.07, 6.45) is 4.53. The lowest BCUT2D eigenvalue weighted by atomic mass is 9.91. The van der Waals surface area contributed by atoms with Crippen molar-refractivity contribution < 1.29 is 17.9 Å². The van der Waals surface area contributed by atoms with Crippen LogP contribution in [-0.4, -0.2) is 25.1 Å². The van der Waals surface area contributed by atoms with Gasteiger partial charge in [0, 0.05) is 18.2 Å². The zero-order valence-corrected chi connectivity index (χ0v) is 14.8. The van der Waals surface area contributed by atoms with Crippen LogP contribution in [0.3, 0.4) is 0 Å². The van der Waals surface area contributed by atoms with E-state index in [1.54, 1.807) is 0 Å². The van der Waals surface area contributed by atoms with Gasteiger partial charge >= 0.3 is 0 Å². The fourth-order valence-electron chi connectivity index (χ4n) is 3.54. The van der Waals surface area contributed by atoms with Gasteiger partial charge in [-0.3, -0.25) is 9.69 Å². The number of likely N-dealkylation sites (tertiary alicyclic amines) is 1. The van der Waals surface area contributed by atoms with E-state index in [9.17, 15) is 13.6 Å². The quantitative estimate of drug-likeness (QED) is 0.784. The van der Waals surface area contributed by atoms with Crippen molar-refractivity contribution >= 4 is 0 Å². The Morgan fingerprint density at radius 2 is 2.08 bits per heavy atom. The van der Waals surface area contributed by atoms with E-state index in [1.807, 2.05) is 0 Å². The molecule has 1 aliphatic rings. The predicted molar refractivity (Wildman–Crippen MR) is 94.2 cm³/mol. The average molecular weight is 363 g/mol.